The molecular formula is C15H17Cl6NO8. The van der Waals surface area contributed by atoms with Crippen molar-refractivity contribution in [3.05, 3.63) is 0 Å². The zero-order chi connectivity index (χ0) is 23.1. The van der Waals surface area contributed by atoms with Crippen molar-refractivity contribution < 1.29 is 38.1 Å². The van der Waals surface area contributed by atoms with Crippen LogP contribution in [-0.4, -0.2) is 68.5 Å². The van der Waals surface area contributed by atoms with Crippen molar-refractivity contribution in [3.63, 3.8) is 0 Å². The van der Waals surface area contributed by atoms with Gasteiger partial charge in [-0.05, 0) is 13.8 Å². The van der Waals surface area contributed by atoms with Crippen LogP contribution in [0.3, 0.4) is 0 Å². The number of halogens is 6. The predicted octanol–water partition coefficient (Wildman–Crippen LogP) is 2.56. The van der Waals surface area contributed by atoms with Gasteiger partial charge in [-0.1, -0.05) is 69.6 Å². The quantitative estimate of drug-likeness (QED) is 0.421. The van der Waals surface area contributed by atoms with Crippen molar-refractivity contribution in [1.29, 1.82) is 0 Å². The Morgan fingerprint density at radius 2 is 1.63 bits per heavy atom. The fraction of sp³-hybridized carbons (Fsp3) is 0.800. The van der Waals surface area contributed by atoms with Gasteiger partial charge in [-0.2, -0.15) is 0 Å². The third kappa shape index (κ3) is 6.76. The summed E-state index contributed by atoms with van der Waals surface area (Å²) in [7, 11) is 0. The lowest BCUT2D eigenvalue weighted by Crippen LogP contribution is -2.70. The summed E-state index contributed by atoms with van der Waals surface area (Å²) in [5, 5.41) is 2.32. The number of carbonyl (C=O) groups excluding carboxylic acids is 3. The van der Waals surface area contributed by atoms with Gasteiger partial charge in [0, 0.05) is 6.92 Å². The molecule has 0 aromatic heterocycles. The lowest BCUT2D eigenvalue weighted by atomic mass is 9.95. The molecule has 15 heteroatoms. The molecule has 0 unspecified atom stereocenters. The summed E-state index contributed by atoms with van der Waals surface area (Å²) in [6, 6.07) is -1.39. The highest BCUT2D eigenvalue weighted by Crippen LogP contribution is 2.37. The van der Waals surface area contributed by atoms with Crippen molar-refractivity contribution in [2.24, 2.45) is 0 Å². The number of hydrogen-bond acceptors (Lipinski definition) is 8. The van der Waals surface area contributed by atoms with Crippen LogP contribution in [0, 0.1) is 0 Å². The second-order valence-corrected chi connectivity index (χ2v) is 11.4. The van der Waals surface area contributed by atoms with Crippen molar-refractivity contribution in [2.75, 3.05) is 6.61 Å². The number of alkyl halides is 6. The minimum absolute atomic E-state index is 0.0254. The fourth-order valence-corrected chi connectivity index (χ4v) is 3.11. The summed E-state index contributed by atoms with van der Waals surface area (Å²) >= 11 is 33.5. The molecule has 0 radical (unpaired) electrons. The molecule has 0 aromatic rings. The molecule has 2 heterocycles. The minimum Gasteiger partial charge on any atom is -0.457 e. The van der Waals surface area contributed by atoms with Gasteiger partial charge in [0.2, 0.25) is 6.29 Å². The van der Waals surface area contributed by atoms with E-state index in [9.17, 15) is 14.4 Å². The molecule has 0 spiro atoms. The van der Waals surface area contributed by atoms with E-state index < -0.39 is 61.9 Å². The van der Waals surface area contributed by atoms with E-state index in [1.807, 2.05) is 0 Å². The van der Waals surface area contributed by atoms with E-state index in [2.05, 4.69) is 5.32 Å². The monoisotopic (exact) mass is 549 g/mol. The second-order valence-electron chi connectivity index (χ2n) is 6.81. The Labute approximate surface area is 201 Å². The highest BCUT2D eigenvalue weighted by atomic mass is 35.6. The number of ether oxygens (including phenoxy) is 5. The molecular weight excluding hydrogens is 535 g/mol. The van der Waals surface area contributed by atoms with Crippen LogP contribution in [0.4, 0.5) is 0 Å². The fourth-order valence-electron chi connectivity index (χ4n) is 2.82. The summed E-state index contributed by atoms with van der Waals surface area (Å²) in [4.78, 5) is 36.1. The average Bonchev–Trinajstić information content (AvgIpc) is 2.55. The highest BCUT2D eigenvalue weighted by Gasteiger charge is 2.56. The maximum Gasteiger partial charge on any atom is 0.360 e. The number of carbonyl (C=O) groups is 3. The van der Waals surface area contributed by atoms with Gasteiger partial charge in [-0.3, -0.25) is 9.59 Å². The van der Waals surface area contributed by atoms with E-state index in [1.165, 1.54) is 0 Å². The van der Waals surface area contributed by atoms with Crippen LogP contribution in [0.25, 0.3) is 0 Å². The third-order valence-electron chi connectivity index (χ3n) is 3.97. The Bertz CT molecular complexity index is 694. The van der Waals surface area contributed by atoms with Gasteiger partial charge in [0.25, 0.3) is 13.5 Å². The van der Waals surface area contributed by atoms with Gasteiger partial charge in [0.15, 0.2) is 11.9 Å². The highest BCUT2D eigenvalue weighted by molar-refractivity contribution is 6.76. The Hall–Kier alpha value is 0.0300. The lowest BCUT2D eigenvalue weighted by molar-refractivity contribution is -0.365. The van der Waals surface area contributed by atoms with Crippen LogP contribution in [0.5, 0.6) is 0 Å². The van der Waals surface area contributed by atoms with E-state index in [4.69, 9.17) is 93.3 Å². The molecule has 0 saturated carbocycles. The van der Waals surface area contributed by atoms with Gasteiger partial charge in [-0.25, -0.2) is 4.79 Å². The average molecular weight is 552 g/mol. The Morgan fingerprint density at radius 3 is 2.13 bits per heavy atom. The maximum absolute atomic E-state index is 12.3. The zero-order valence-corrected chi connectivity index (χ0v) is 20.2. The van der Waals surface area contributed by atoms with Crippen molar-refractivity contribution in [3.8, 4) is 0 Å². The molecule has 2 fully saturated rings. The molecule has 1 N–H and O–H groups in total. The number of rotatable bonds is 3. The van der Waals surface area contributed by atoms with E-state index in [0.717, 1.165) is 6.92 Å². The smallest absolute Gasteiger partial charge is 0.360 e. The molecule has 2 rings (SSSR count). The van der Waals surface area contributed by atoms with Crippen LogP contribution in [0.2, 0.25) is 0 Å². The Kier molecular flexibility index (Phi) is 8.31. The van der Waals surface area contributed by atoms with Gasteiger partial charge >= 0.3 is 11.9 Å². The third-order valence-corrected chi connectivity index (χ3v) is 4.95. The van der Waals surface area contributed by atoms with E-state index >= 15 is 0 Å². The number of hydrogen-bond donors (Lipinski definition) is 1. The Balaban J connectivity index is 2.42. The van der Waals surface area contributed by atoms with Crippen molar-refractivity contribution in [2.45, 2.75) is 64.8 Å². The maximum atomic E-state index is 12.3. The molecule has 0 bridgehead atoms. The van der Waals surface area contributed by atoms with Crippen LogP contribution >= 0.6 is 69.6 Å². The van der Waals surface area contributed by atoms with E-state index in [-0.39, 0.29) is 6.61 Å². The summed E-state index contributed by atoms with van der Waals surface area (Å²) in [6.45, 7) is 4.35. The van der Waals surface area contributed by atoms with Crippen LogP contribution in [-0.2, 0) is 38.1 Å². The molecule has 2 saturated heterocycles. The SMILES string of the molecule is CC(=O)O[C@@H]1[C@@H](NC(=O)C(Cl)(Cl)Cl)[C@H](OC(=O)C(Cl)(Cl)Cl)O[C@@H]2COC(C)(C)O[C@@H]12. The number of amides is 1. The number of fused-ring (bicyclic) bond motifs is 1. The van der Waals surface area contributed by atoms with E-state index in [0.29, 0.717) is 0 Å². The summed E-state index contributed by atoms with van der Waals surface area (Å²) in [5.41, 5.74) is 0. The second kappa shape index (κ2) is 9.49. The predicted molar refractivity (Wildman–Crippen MR) is 108 cm³/mol. The number of nitrogens with one attached hydrogen (secondary N) is 1. The standard InChI is InChI=1S/C15H17Cl6NO8/c1-5(23)27-9-7(22-11(24)14(16,17)18)10(29-12(25)15(19,20)21)28-6-4-26-13(2,3)30-8(6)9/h6-10H,4H2,1-3H3,(H,22,24)/t6-,7-,8-,9-,10+/m1/s1. The molecule has 172 valence electrons. The number of esters is 2. The van der Waals surface area contributed by atoms with Crippen LogP contribution in [0.1, 0.15) is 20.8 Å². The van der Waals surface area contributed by atoms with Crippen LogP contribution < -0.4 is 5.32 Å². The molecule has 5 atom stereocenters. The molecule has 2 aliphatic rings. The van der Waals surface area contributed by atoms with Gasteiger partial charge < -0.3 is 29.0 Å². The van der Waals surface area contributed by atoms with E-state index in [1.54, 1.807) is 13.8 Å². The largest absolute Gasteiger partial charge is 0.457 e. The molecule has 2 aliphatic heterocycles. The normalized spacial score (nSPS) is 31.3. The van der Waals surface area contributed by atoms with Crippen molar-refractivity contribution >= 4 is 87.5 Å². The Morgan fingerprint density at radius 1 is 1.03 bits per heavy atom. The first-order chi connectivity index (χ1) is 13.5. The first kappa shape index (κ1) is 26.3. The van der Waals surface area contributed by atoms with Gasteiger partial charge in [0.05, 0.1) is 6.61 Å². The minimum atomic E-state index is -2.46. The molecule has 0 aliphatic carbocycles. The molecule has 30 heavy (non-hydrogen) atoms. The van der Waals surface area contributed by atoms with Crippen molar-refractivity contribution in [1.82, 2.24) is 5.32 Å². The molecule has 1 amide bonds. The van der Waals surface area contributed by atoms with Crippen LogP contribution in [0.15, 0.2) is 0 Å². The summed E-state index contributed by atoms with van der Waals surface area (Å²) in [6.07, 6.45) is -4.67. The lowest BCUT2D eigenvalue weighted by Gasteiger charge is -2.50. The molecule has 0 aromatic carbocycles. The zero-order valence-electron chi connectivity index (χ0n) is 15.6. The summed E-state index contributed by atoms with van der Waals surface area (Å²) in [5.74, 6) is -4.23. The summed E-state index contributed by atoms with van der Waals surface area (Å²) < 4.78 is 22.6. The first-order valence-corrected chi connectivity index (χ1v) is 10.6. The van der Waals surface area contributed by atoms with Gasteiger partial charge in [0.1, 0.15) is 18.2 Å². The molecule has 9 nitrogen and oxygen atoms in total. The first-order valence-electron chi connectivity index (χ1n) is 8.31. The topological polar surface area (TPSA) is 109 Å². The van der Waals surface area contributed by atoms with Gasteiger partial charge in [-0.15, -0.1) is 0 Å².